The number of halogens is 1. The van der Waals surface area contributed by atoms with Crippen molar-refractivity contribution in [2.45, 2.75) is 31.8 Å². The minimum absolute atomic E-state index is 0. The number of hydrogen-bond donors (Lipinski definition) is 2. The van der Waals surface area contributed by atoms with Gasteiger partial charge in [-0.05, 0) is 37.0 Å². The monoisotopic (exact) mass is 274 g/mol. The van der Waals surface area contributed by atoms with Gasteiger partial charge in [-0.25, -0.2) is 0 Å². The largest absolute Gasteiger partial charge is 0.366 e. The molecule has 1 heterocycles. The third-order valence-electron chi connectivity index (χ3n) is 4.64. The van der Waals surface area contributed by atoms with Gasteiger partial charge in [0, 0.05) is 19.6 Å². The van der Waals surface area contributed by atoms with E-state index in [4.69, 9.17) is 4.74 Å². The smallest absolute Gasteiger partial charge is 0.250 e. The lowest BCUT2D eigenvalue weighted by Crippen LogP contribution is -2.48. The number of fused-ring (bicyclic) bond motifs is 2. The molecule has 2 saturated carbocycles. The third-order valence-corrected chi connectivity index (χ3v) is 4.64. The van der Waals surface area contributed by atoms with Crippen LogP contribution in [-0.2, 0) is 9.53 Å². The highest BCUT2D eigenvalue weighted by Gasteiger charge is 2.39. The normalized spacial score (nSPS) is 38.2. The molecule has 1 aliphatic heterocycles. The maximum Gasteiger partial charge on any atom is 0.250 e. The predicted molar refractivity (Wildman–Crippen MR) is 71.8 cm³/mol. The zero-order chi connectivity index (χ0) is 11.7. The second kappa shape index (κ2) is 6.22. The van der Waals surface area contributed by atoms with E-state index in [1.54, 1.807) is 0 Å². The van der Waals surface area contributed by atoms with Crippen molar-refractivity contribution in [3.63, 3.8) is 0 Å². The first-order chi connectivity index (χ1) is 8.33. The van der Waals surface area contributed by atoms with Crippen LogP contribution in [0.4, 0.5) is 0 Å². The van der Waals surface area contributed by atoms with Crippen LogP contribution in [0.2, 0.25) is 0 Å². The van der Waals surface area contributed by atoms with Gasteiger partial charge in [0.15, 0.2) is 0 Å². The van der Waals surface area contributed by atoms with Crippen molar-refractivity contribution in [3.8, 4) is 0 Å². The van der Waals surface area contributed by atoms with E-state index in [0.717, 1.165) is 30.8 Å². The first kappa shape index (κ1) is 14.1. The zero-order valence-corrected chi connectivity index (χ0v) is 11.5. The maximum absolute atomic E-state index is 11.9. The number of carbonyl (C=O) groups is 1. The molecule has 4 unspecified atom stereocenters. The fraction of sp³-hybridized carbons (Fsp3) is 0.923. The summed E-state index contributed by atoms with van der Waals surface area (Å²) in [5.41, 5.74) is 0. The van der Waals surface area contributed by atoms with Crippen molar-refractivity contribution in [3.05, 3.63) is 0 Å². The second-order valence-corrected chi connectivity index (χ2v) is 5.74. The molecule has 3 aliphatic rings. The fourth-order valence-electron chi connectivity index (χ4n) is 3.71. The Morgan fingerprint density at radius 1 is 1.33 bits per heavy atom. The fourth-order valence-corrected chi connectivity index (χ4v) is 3.71. The van der Waals surface area contributed by atoms with Gasteiger partial charge in [-0.15, -0.1) is 12.4 Å². The van der Waals surface area contributed by atoms with Crippen LogP contribution in [0.5, 0.6) is 0 Å². The molecule has 104 valence electrons. The molecule has 0 radical (unpaired) electrons. The molecule has 2 N–H and O–H groups in total. The highest BCUT2D eigenvalue weighted by atomic mass is 35.5. The van der Waals surface area contributed by atoms with Crippen molar-refractivity contribution in [1.82, 2.24) is 10.6 Å². The summed E-state index contributed by atoms with van der Waals surface area (Å²) in [6, 6.07) is 0. The average molecular weight is 275 g/mol. The highest BCUT2D eigenvalue weighted by Crippen LogP contribution is 2.47. The van der Waals surface area contributed by atoms with Gasteiger partial charge in [0.2, 0.25) is 5.91 Å². The minimum Gasteiger partial charge on any atom is -0.366 e. The Morgan fingerprint density at radius 2 is 2.22 bits per heavy atom. The summed E-state index contributed by atoms with van der Waals surface area (Å²) in [6.45, 7) is 3.02. The maximum atomic E-state index is 11.9. The van der Waals surface area contributed by atoms with Crippen molar-refractivity contribution in [1.29, 1.82) is 0 Å². The Kier molecular flexibility index (Phi) is 4.87. The predicted octanol–water partition coefficient (Wildman–Crippen LogP) is 0.949. The van der Waals surface area contributed by atoms with Gasteiger partial charge in [-0.3, -0.25) is 4.79 Å². The van der Waals surface area contributed by atoms with Crippen LogP contribution in [0.1, 0.15) is 25.7 Å². The standard InChI is InChI=1S/C13H22N2O2.ClH/c16-13(12-8-14-3-4-17-12)15-7-11-6-9-1-2-10(11)5-9;/h9-12,14H,1-8H2,(H,15,16);1H. The Hall–Kier alpha value is -0.320. The second-order valence-electron chi connectivity index (χ2n) is 5.74. The van der Waals surface area contributed by atoms with Crippen LogP contribution < -0.4 is 10.6 Å². The average Bonchev–Trinajstić information content (AvgIpc) is 2.99. The van der Waals surface area contributed by atoms with Crippen LogP contribution in [0.3, 0.4) is 0 Å². The Balaban J connectivity index is 0.00000120. The van der Waals surface area contributed by atoms with E-state index in [1.165, 1.54) is 25.7 Å². The molecule has 18 heavy (non-hydrogen) atoms. The highest BCUT2D eigenvalue weighted by molar-refractivity contribution is 5.85. The van der Waals surface area contributed by atoms with Crippen LogP contribution in [0.25, 0.3) is 0 Å². The van der Waals surface area contributed by atoms with Gasteiger partial charge < -0.3 is 15.4 Å². The Labute approximate surface area is 115 Å². The number of nitrogens with one attached hydrogen (secondary N) is 2. The quantitative estimate of drug-likeness (QED) is 0.806. The van der Waals surface area contributed by atoms with E-state index >= 15 is 0 Å². The molecule has 2 bridgehead atoms. The first-order valence-electron chi connectivity index (χ1n) is 6.93. The summed E-state index contributed by atoms with van der Waals surface area (Å²) in [4.78, 5) is 11.9. The van der Waals surface area contributed by atoms with Gasteiger partial charge in [-0.2, -0.15) is 0 Å². The number of amides is 1. The summed E-state index contributed by atoms with van der Waals surface area (Å²) >= 11 is 0. The molecular weight excluding hydrogens is 252 g/mol. The van der Waals surface area contributed by atoms with Crippen molar-refractivity contribution < 1.29 is 9.53 Å². The summed E-state index contributed by atoms with van der Waals surface area (Å²) in [6.07, 6.45) is 5.26. The summed E-state index contributed by atoms with van der Waals surface area (Å²) in [5, 5.41) is 6.26. The van der Waals surface area contributed by atoms with Crippen molar-refractivity contribution in [2.75, 3.05) is 26.2 Å². The lowest BCUT2D eigenvalue weighted by molar-refractivity contribution is -0.134. The van der Waals surface area contributed by atoms with Crippen molar-refractivity contribution in [2.24, 2.45) is 17.8 Å². The summed E-state index contributed by atoms with van der Waals surface area (Å²) in [5.74, 6) is 2.63. The van der Waals surface area contributed by atoms with Gasteiger partial charge in [0.05, 0.1) is 6.61 Å². The van der Waals surface area contributed by atoms with E-state index in [1.807, 2.05) is 0 Å². The van der Waals surface area contributed by atoms with Gasteiger partial charge >= 0.3 is 0 Å². The molecule has 0 aromatic heterocycles. The van der Waals surface area contributed by atoms with Crippen LogP contribution >= 0.6 is 12.4 Å². The van der Waals surface area contributed by atoms with Gasteiger partial charge in [-0.1, -0.05) is 6.42 Å². The van der Waals surface area contributed by atoms with Crippen LogP contribution in [-0.4, -0.2) is 38.3 Å². The number of ether oxygens (including phenoxy) is 1. The van der Waals surface area contributed by atoms with E-state index < -0.39 is 0 Å². The van der Waals surface area contributed by atoms with E-state index in [-0.39, 0.29) is 24.4 Å². The summed E-state index contributed by atoms with van der Waals surface area (Å²) in [7, 11) is 0. The lowest BCUT2D eigenvalue weighted by atomic mass is 9.89. The summed E-state index contributed by atoms with van der Waals surface area (Å²) < 4.78 is 5.44. The molecule has 1 amide bonds. The number of carbonyl (C=O) groups excluding carboxylic acids is 1. The van der Waals surface area contributed by atoms with Gasteiger partial charge in [0.25, 0.3) is 0 Å². The lowest BCUT2D eigenvalue weighted by Gasteiger charge is -2.25. The Morgan fingerprint density at radius 3 is 2.83 bits per heavy atom. The first-order valence-corrected chi connectivity index (χ1v) is 6.93. The SMILES string of the molecule is Cl.O=C(NCC1CC2CCC1C2)C1CNCCO1. The molecule has 1 saturated heterocycles. The molecule has 3 rings (SSSR count). The van der Waals surface area contributed by atoms with Crippen LogP contribution in [0, 0.1) is 17.8 Å². The number of hydrogen-bond acceptors (Lipinski definition) is 3. The minimum atomic E-state index is -0.276. The molecule has 5 heteroatoms. The molecular formula is C13H23ClN2O2. The number of rotatable bonds is 3. The van der Waals surface area contributed by atoms with E-state index in [0.29, 0.717) is 13.2 Å². The Bertz CT molecular complexity index is 295. The van der Waals surface area contributed by atoms with Crippen LogP contribution in [0.15, 0.2) is 0 Å². The van der Waals surface area contributed by atoms with E-state index in [9.17, 15) is 4.79 Å². The molecule has 0 aromatic rings. The number of morpholine rings is 1. The molecule has 0 aromatic carbocycles. The molecule has 4 atom stereocenters. The third kappa shape index (κ3) is 2.98. The van der Waals surface area contributed by atoms with Gasteiger partial charge in [0.1, 0.15) is 6.10 Å². The topological polar surface area (TPSA) is 50.4 Å². The van der Waals surface area contributed by atoms with Crippen molar-refractivity contribution >= 4 is 18.3 Å². The van der Waals surface area contributed by atoms with E-state index in [2.05, 4.69) is 10.6 Å². The molecule has 4 nitrogen and oxygen atoms in total. The molecule has 2 aliphatic carbocycles. The molecule has 0 spiro atoms. The zero-order valence-electron chi connectivity index (χ0n) is 10.7. The molecule has 3 fully saturated rings.